The molecule has 0 aliphatic heterocycles. The van der Waals surface area contributed by atoms with Gasteiger partial charge in [-0.15, -0.1) is 0 Å². The lowest BCUT2D eigenvalue weighted by Crippen LogP contribution is -2.03. The quantitative estimate of drug-likeness (QED) is 0.756. The summed E-state index contributed by atoms with van der Waals surface area (Å²) in [7, 11) is 0. The Bertz CT molecular complexity index is 701. The van der Waals surface area contributed by atoms with Crippen LogP contribution in [0.5, 0.6) is 0 Å². The highest BCUT2D eigenvalue weighted by atomic mass is 15.2. The SMILES string of the molecule is CCn1ccnc1Nc1ccccc1Cc1ccccc1. The minimum absolute atomic E-state index is 0.887. The predicted octanol–water partition coefficient (Wildman–Crippen LogP) is 4.24. The van der Waals surface area contributed by atoms with Crippen molar-refractivity contribution in [2.45, 2.75) is 19.9 Å². The van der Waals surface area contributed by atoms with Crippen LogP contribution in [0.25, 0.3) is 0 Å². The number of imidazole rings is 1. The number of rotatable bonds is 5. The molecule has 3 nitrogen and oxygen atoms in total. The average molecular weight is 277 g/mol. The van der Waals surface area contributed by atoms with Crippen molar-refractivity contribution in [3.63, 3.8) is 0 Å². The maximum Gasteiger partial charge on any atom is 0.207 e. The molecule has 1 aromatic heterocycles. The van der Waals surface area contributed by atoms with Gasteiger partial charge in [-0.05, 0) is 30.5 Å². The molecule has 0 spiro atoms. The van der Waals surface area contributed by atoms with Crippen molar-refractivity contribution in [1.29, 1.82) is 0 Å². The number of benzene rings is 2. The molecule has 3 rings (SSSR count). The van der Waals surface area contributed by atoms with Crippen molar-refractivity contribution < 1.29 is 0 Å². The summed E-state index contributed by atoms with van der Waals surface area (Å²) in [5.41, 5.74) is 3.70. The lowest BCUT2D eigenvalue weighted by atomic mass is 10.0. The molecule has 0 bridgehead atoms. The van der Waals surface area contributed by atoms with Crippen molar-refractivity contribution in [2.75, 3.05) is 5.32 Å². The Morgan fingerprint density at radius 3 is 2.57 bits per heavy atom. The Morgan fingerprint density at radius 1 is 1.00 bits per heavy atom. The van der Waals surface area contributed by atoms with E-state index in [2.05, 4.69) is 70.3 Å². The number of anilines is 2. The van der Waals surface area contributed by atoms with Crippen LogP contribution in [0, 0.1) is 0 Å². The van der Waals surface area contributed by atoms with E-state index in [-0.39, 0.29) is 0 Å². The molecule has 0 saturated carbocycles. The van der Waals surface area contributed by atoms with E-state index in [9.17, 15) is 0 Å². The first-order chi connectivity index (χ1) is 10.4. The maximum atomic E-state index is 4.38. The molecule has 3 aromatic rings. The predicted molar refractivity (Wildman–Crippen MR) is 86.9 cm³/mol. The first kappa shape index (κ1) is 13.4. The van der Waals surface area contributed by atoms with E-state index in [1.54, 1.807) is 0 Å². The third-order valence-electron chi connectivity index (χ3n) is 3.56. The van der Waals surface area contributed by atoms with Gasteiger partial charge in [0.05, 0.1) is 0 Å². The van der Waals surface area contributed by atoms with Crippen molar-refractivity contribution >= 4 is 11.6 Å². The van der Waals surface area contributed by atoms with Crippen LogP contribution in [-0.4, -0.2) is 9.55 Å². The molecule has 1 N–H and O–H groups in total. The van der Waals surface area contributed by atoms with Crippen LogP contribution in [0.1, 0.15) is 18.1 Å². The summed E-state index contributed by atoms with van der Waals surface area (Å²) in [5.74, 6) is 0.887. The van der Waals surface area contributed by atoms with Crippen LogP contribution in [-0.2, 0) is 13.0 Å². The Hall–Kier alpha value is -2.55. The first-order valence-electron chi connectivity index (χ1n) is 7.27. The topological polar surface area (TPSA) is 29.9 Å². The summed E-state index contributed by atoms with van der Waals surface area (Å²) in [6.45, 7) is 3.02. The number of nitrogens with one attached hydrogen (secondary N) is 1. The second-order valence-electron chi connectivity index (χ2n) is 4.98. The van der Waals surface area contributed by atoms with Crippen LogP contribution in [0.15, 0.2) is 67.0 Å². The fourth-order valence-corrected chi connectivity index (χ4v) is 2.42. The normalized spacial score (nSPS) is 10.5. The van der Waals surface area contributed by atoms with Gasteiger partial charge in [0.25, 0.3) is 0 Å². The molecule has 2 aromatic carbocycles. The minimum Gasteiger partial charge on any atom is -0.325 e. The van der Waals surface area contributed by atoms with Crippen LogP contribution < -0.4 is 5.32 Å². The molecule has 0 unspecified atom stereocenters. The van der Waals surface area contributed by atoms with E-state index in [0.29, 0.717) is 0 Å². The summed E-state index contributed by atoms with van der Waals surface area (Å²) < 4.78 is 2.10. The minimum atomic E-state index is 0.887. The molecule has 0 fully saturated rings. The third kappa shape index (κ3) is 3.14. The zero-order chi connectivity index (χ0) is 14.5. The lowest BCUT2D eigenvalue weighted by molar-refractivity contribution is 0.771. The Morgan fingerprint density at radius 2 is 1.76 bits per heavy atom. The second kappa shape index (κ2) is 6.27. The van der Waals surface area contributed by atoms with E-state index in [1.165, 1.54) is 11.1 Å². The summed E-state index contributed by atoms with van der Waals surface area (Å²) in [6, 6.07) is 18.9. The monoisotopic (exact) mass is 277 g/mol. The van der Waals surface area contributed by atoms with E-state index in [1.807, 2.05) is 18.5 Å². The van der Waals surface area contributed by atoms with Gasteiger partial charge in [0.2, 0.25) is 5.95 Å². The molecule has 21 heavy (non-hydrogen) atoms. The van der Waals surface area contributed by atoms with E-state index in [4.69, 9.17) is 0 Å². The molecule has 106 valence electrons. The van der Waals surface area contributed by atoms with Crippen molar-refractivity contribution in [3.05, 3.63) is 78.1 Å². The van der Waals surface area contributed by atoms with Gasteiger partial charge < -0.3 is 9.88 Å². The lowest BCUT2D eigenvalue weighted by Gasteiger charge is -2.12. The Labute approximate surface area is 125 Å². The first-order valence-corrected chi connectivity index (χ1v) is 7.27. The maximum absolute atomic E-state index is 4.38. The highest BCUT2D eigenvalue weighted by Gasteiger charge is 2.06. The van der Waals surface area contributed by atoms with Crippen molar-refractivity contribution in [1.82, 2.24) is 9.55 Å². The number of para-hydroxylation sites is 1. The molecule has 3 heteroatoms. The molecule has 0 atom stereocenters. The largest absolute Gasteiger partial charge is 0.325 e. The standard InChI is InChI=1S/C18H19N3/c1-2-21-13-12-19-18(21)20-17-11-7-6-10-16(17)14-15-8-4-3-5-9-15/h3-13H,2,14H2,1H3,(H,19,20). The van der Waals surface area contributed by atoms with Crippen LogP contribution >= 0.6 is 0 Å². The van der Waals surface area contributed by atoms with E-state index >= 15 is 0 Å². The average Bonchev–Trinajstić information content (AvgIpc) is 2.97. The zero-order valence-corrected chi connectivity index (χ0v) is 12.2. The van der Waals surface area contributed by atoms with Gasteiger partial charge in [-0.25, -0.2) is 4.98 Å². The number of aryl methyl sites for hydroxylation is 1. The molecule has 0 aliphatic carbocycles. The molecule has 1 heterocycles. The molecular formula is C18H19N3. The van der Waals surface area contributed by atoms with Crippen molar-refractivity contribution in [2.24, 2.45) is 0 Å². The Kier molecular flexibility index (Phi) is 4.01. The van der Waals surface area contributed by atoms with Crippen LogP contribution in [0.2, 0.25) is 0 Å². The second-order valence-corrected chi connectivity index (χ2v) is 4.98. The van der Waals surface area contributed by atoms with Gasteiger partial charge in [-0.3, -0.25) is 0 Å². The van der Waals surface area contributed by atoms with Crippen LogP contribution in [0.4, 0.5) is 11.6 Å². The summed E-state index contributed by atoms with van der Waals surface area (Å²) in [4.78, 5) is 4.38. The van der Waals surface area contributed by atoms with Crippen LogP contribution in [0.3, 0.4) is 0 Å². The smallest absolute Gasteiger partial charge is 0.207 e. The molecule has 0 saturated heterocycles. The van der Waals surface area contributed by atoms with Gasteiger partial charge in [0.1, 0.15) is 0 Å². The van der Waals surface area contributed by atoms with E-state index < -0.39 is 0 Å². The molecular weight excluding hydrogens is 258 g/mol. The number of aromatic nitrogens is 2. The highest BCUT2D eigenvalue weighted by Crippen LogP contribution is 2.22. The number of nitrogens with zero attached hydrogens (tertiary/aromatic N) is 2. The zero-order valence-electron chi connectivity index (χ0n) is 12.2. The van der Waals surface area contributed by atoms with E-state index in [0.717, 1.165) is 24.6 Å². The van der Waals surface area contributed by atoms with Gasteiger partial charge in [-0.1, -0.05) is 48.5 Å². The third-order valence-corrected chi connectivity index (χ3v) is 3.56. The Balaban J connectivity index is 1.86. The van der Waals surface area contributed by atoms with Gasteiger partial charge in [0.15, 0.2) is 0 Å². The highest BCUT2D eigenvalue weighted by molar-refractivity contribution is 5.59. The van der Waals surface area contributed by atoms with Crippen molar-refractivity contribution in [3.8, 4) is 0 Å². The van der Waals surface area contributed by atoms with Gasteiger partial charge in [0, 0.05) is 24.6 Å². The fraction of sp³-hybridized carbons (Fsp3) is 0.167. The van der Waals surface area contributed by atoms with Gasteiger partial charge in [-0.2, -0.15) is 0 Å². The number of hydrogen-bond donors (Lipinski definition) is 1. The summed E-state index contributed by atoms with van der Waals surface area (Å²) in [6.07, 6.45) is 4.73. The molecule has 0 amide bonds. The summed E-state index contributed by atoms with van der Waals surface area (Å²) >= 11 is 0. The van der Waals surface area contributed by atoms with Gasteiger partial charge >= 0.3 is 0 Å². The molecule has 0 radical (unpaired) electrons. The molecule has 0 aliphatic rings. The fourth-order valence-electron chi connectivity index (χ4n) is 2.42. The summed E-state index contributed by atoms with van der Waals surface area (Å²) in [5, 5.41) is 3.44. The number of hydrogen-bond acceptors (Lipinski definition) is 2.